The molecule has 128 valence electrons. The number of hydrogen-bond donors (Lipinski definition) is 1. The summed E-state index contributed by atoms with van der Waals surface area (Å²) in [5.41, 5.74) is 4.49. The fraction of sp³-hybridized carbons (Fsp3) is 0.143. The summed E-state index contributed by atoms with van der Waals surface area (Å²) >= 11 is 9.55. The Balaban J connectivity index is 1.65. The molecule has 0 atom stereocenters. The van der Waals surface area contributed by atoms with Gasteiger partial charge in [-0.05, 0) is 52.7 Å². The summed E-state index contributed by atoms with van der Waals surface area (Å²) in [6.07, 6.45) is 0. The van der Waals surface area contributed by atoms with Gasteiger partial charge in [-0.25, -0.2) is 0 Å². The number of para-hydroxylation sites is 1. The van der Waals surface area contributed by atoms with Crippen LogP contribution in [0.2, 0.25) is 5.02 Å². The van der Waals surface area contributed by atoms with Crippen LogP contribution in [0.4, 0.5) is 5.69 Å². The summed E-state index contributed by atoms with van der Waals surface area (Å²) in [4.78, 5) is 0. The molecule has 3 rings (SSSR count). The van der Waals surface area contributed by atoms with E-state index in [2.05, 4.69) is 58.5 Å². The number of anilines is 1. The Labute approximate surface area is 161 Å². The molecule has 3 aromatic carbocycles. The second kappa shape index (κ2) is 8.41. The second-order valence-electron chi connectivity index (χ2n) is 5.86. The van der Waals surface area contributed by atoms with E-state index < -0.39 is 0 Å². The van der Waals surface area contributed by atoms with Gasteiger partial charge in [0.15, 0.2) is 0 Å². The molecule has 0 aromatic heterocycles. The largest absolute Gasteiger partial charge is 0.489 e. The molecule has 0 spiro atoms. The van der Waals surface area contributed by atoms with Gasteiger partial charge in [0.1, 0.15) is 12.4 Å². The Hall–Kier alpha value is -1.97. The van der Waals surface area contributed by atoms with Crippen molar-refractivity contribution in [2.24, 2.45) is 0 Å². The average Bonchev–Trinajstić information content (AvgIpc) is 2.63. The molecule has 0 aliphatic carbocycles. The number of halogens is 2. The van der Waals surface area contributed by atoms with Gasteiger partial charge in [0.25, 0.3) is 0 Å². The van der Waals surface area contributed by atoms with Crippen molar-refractivity contribution in [1.82, 2.24) is 0 Å². The molecule has 0 amide bonds. The van der Waals surface area contributed by atoms with Crippen molar-refractivity contribution in [3.63, 3.8) is 0 Å². The predicted molar refractivity (Wildman–Crippen MR) is 108 cm³/mol. The number of hydrogen-bond acceptors (Lipinski definition) is 2. The van der Waals surface area contributed by atoms with Crippen molar-refractivity contribution in [2.45, 2.75) is 20.1 Å². The van der Waals surface area contributed by atoms with Crippen LogP contribution in [0, 0.1) is 6.92 Å². The van der Waals surface area contributed by atoms with E-state index in [1.54, 1.807) is 0 Å². The van der Waals surface area contributed by atoms with Crippen LogP contribution in [-0.2, 0) is 13.2 Å². The molecular formula is C21H19BrClNO. The van der Waals surface area contributed by atoms with Gasteiger partial charge in [0.2, 0.25) is 0 Å². The van der Waals surface area contributed by atoms with Crippen molar-refractivity contribution in [3.05, 3.63) is 92.9 Å². The quantitative estimate of drug-likeness (QED) is 0.488. The topological polar surface area (TPSA) is 21.3 Å². The first-order valence-corrected chi connectivity index (χ1v) is 9.24. The molecule has 0 bridgehead atoms. The maximum absolute atomic E-state index is 6.14. The number of rotatable bonds is 6. The SMILES string of the molecule is Cc1ccc(COc2ccccc2CNc2ccc(Br)c(Cl)c2)cc1. The zero-order chi connectivity index (χ0) is 17.6. The van der Waals surface area contributed by atoms with Crippen LogP contribution >= 0.6 is 27.5 Å². The van der Waals surface area contributed by atoms with Crippen molar-refractivity contribution < 1.29 is 4.74 Å². The van der Waals surface area contributed by atoms with Crippen LogP contribution in [0.5, 0.6) is 5.75 Å². The summed E-state index contributed by atoms with van der Waals surface area (Å²) in [6.45, 7) is 3.31. The summed E-state index contributed by atoms with van der Waals surface area (Å²) in [6, 6.07) is 22.3. The lowest BCUT2D eigenvalue weighted by molar-refractivity contribution is 0.303. The third-order valence-corrected chi connectivity index (χ3v) is 5.12. The van der Waals surface area contributed by atoms with E-state index >= 15 is 0 Å². The highest BCUT2D eigenvalue weighted by Gasteiger charge is 2.05. The highest BCUT2D eigenvalue weighted by Crippen LogP contribution is 2.27. The standard InChI is InChI=1S/C21H19BrClNO/c1-15-6-8-16(9-7-15)14-25-21-5-3-2-4-17(21)13-24-18-10-11-19(22)20(23)12-18/h2-12,24H,13-14H2,1H3. The highest BCUT2D eigenvalue weighted by molar-refractivity contribution is 9.10. The number of nitrogens with one attached hydrogen (secondary N) is 1. The fourth-order valence-electron chi connectivity index (χ4n) is 2.44. The van der Waals surface area contributed by atoms with Crippen LogP contribution in [0.15, 0.2) is 71.2 Å². The maximum atomic E-state index is 6.14. The van der Waals surface area contributed by atoms with Crippen molar-refractivity contribution in [1.29, 1.82) is 0 Å². The van der Waals surface area contributed by atoms with Crippen LogP contribution in [0.1, 0.15) is 16.7 Å². The molecule has 0 heterocycles. The Kier molecular flexibility index (Phi) is 6.00. The lowest BCUT2D eigenvalue weighted by atomic mass is 10.1. The maximum Gasteiger partial charge on any atom is 0.124 e. The number of benzene rings is 3. The van der Waals surface area contributed by atoms with Crippen LogP contribution in [0.25, 0.3) is 0 Å². The molecule has 0 aliphatic heterocycles. The van der Waals surface area contributed by atoms with Crippen LogP contribution in [0.3, 0.4) is 0 Å². The zero-order valence-corrected chi connectivity index (χ0v) is 16.3. The molecule has 0 aliphatic rings. The summed E-state index contributed by atoms with van der Waals surface area (Å²) in [5.74, 6) is 0.888. The molecule has 3 aromatic rings. The van der Waals surface area contributed by atoms with Gasteiger partial charge in [-0.3, -0.25) is 0 Å². The smallest absolute Gasteiger partial charge is 0.124 e. The normalized spacial score (nSPS) is 10.5. The lowest BCUT2D eigenvalue weighted by Gasteiger charge is -2.13. The summed E-state index contributed by atoms with van der Waals surface area (Å²) < 4.78 is 6.91. The van der Waals surface area contributed by atoms with Crippen molar-refractivity contribution in [2.75, 3.05) is 5.32 Å². The first-order valence-electron chi connectivity index (χ1n) is 8.07. The molecule has 0 saturated carbocycles. The number of aryl methyl sites for hydroxylation is 1. The molecule has 0 radical (unpaired) electrons. The Morgan fingerprint density at radius 3 is 2.52 bits per heavy atom. The van der Waals surface area contributed by atoms with E-state index in [4.69, 9.17) is 16.3 Å². The second-order valence-corrected chi connectivity index (χ2v) is 7.13. The summed E-state index contributed by atoms with van der Waals surface area (Å²) in [5, 5.41) is 4.08. The van der Waals surface area contributed by atoms with E-state index in [-0.39, 0.29) is 0 Å². The van der Waals surface area contributed by atoms with E-state index in [1.807, 2.05) is 36.4 Å². The van der Waals surface area contributed by atoms with Crippen molar-refractivity contribution in [3.8, 4) is 5.75 Å². The van der Waals surface area contributed by atoms with E-state index in [0.29, 0.717) is 18.2 Å². The highest BCUT2D eigenvalue weighted by atomic mass is 79.9. The van der Waals surface area contributed by atoms with E-state index in [1.165, 1.54) is 5.56 Å². The predicted octanol–water partition coefficient (Wildman–Crippen LogP) is 6.60. The third-order valence-electron chi connectivity index (χ3n) is 3.89. The van der Waals surface area contributed by atoms with Gasteiger partial charge in [0, 0.05) is 22.3 Å². The molecule has 0 saturated heterocycles. The van der Waals surface area contributed by atoms with Gasteiger partial charge in [-0.2, -0.15) is 0 Å². The molecule has 2 nitrogen and oxygen atoms in total. The van der Waals surface area contributed by atoms with Crippen molar-refractivity contribution >= 4 is 33.2 Å². The monoisotopic (exact) mass is 415 g/mol. The third kappa shape index (κ3) is 5.00. The average molecular weight is 417 g/mol. The molecule has 25 heavy (non-hydrogen) atoms. The molecule has 0 unspecified atom stereocenters. The van der Waals surface area contributed by atoms with Gasteiger partial charge < -0.3 is 10.1 Å². The lowest BCUT2D eigenvalue weighted by Crippen LogP contribution is -2.03. The zero-order valence-electron chi connectivity index (χ0n) is 13.9. The minimum absolute atomic E-state index is 0.557. The first kappa shape index (κ1) is 17.8. The van der Waals surface area contributed by atoms with Gasteiger partial charge in [0.05, 0.1) is 5.02 Å². The minimum atomic E-state index is 0.557. The molecule has 0 fully saturated rings. The first-order chi connectivity index (χ1) is 12.1. The Morgan fingerprint density at radius 2 is 1.76 bits per heavy atom. The fourth-order valence-corrected chi connectivity index (χ4v) is 2.87. The van der Waals surface area contributed by atoms with Gasteiger partial charge in [-0.15, -0.1) is 0 Å². The van der Waals surface area contributed by atoms with E-state index in [9.17, 15) is 0 Å². The summed E-state index contributed by atoms with van der Waals surface area (Å²) in [7, 11) is 0. The molecular weight excluding hydrogens is 398 g/mol. The molecule has 1 N–H and O–H groups in total. The van der Waals surface area contributed by atoms with Crippen LogP contribution < -0.4 is 10.1 Å². The Bertz CT molecular complexity index is 849. The Morgan fingerprint density at radius 1 is 1.00 bits per heavy atom. The molecule has 4 heteroatoms. The van der Waals surface area contributed by atoms with E-state index in [0.717, 1.165) is 27.0 Å². The number of ether oxygens (including phenoxy) is 1. The van der Waals surface area contributed by atoms with Gasteiger partial charge in [-0.1, -0.05) is 59.6 Å². The minimum Gasteiger partial charge on any atom is -0.489 e. The van der Waals surface area contributed by atoms with Gasteiger partial charge >= 0.3 is 0 Å². The van der Waals surface area contributed by atoms with Crippen LogP contribution in [-0.4, -0.2) is 0 Å².